The van der Waals surface area contributed by atoms with Crippen LogP contribution < -0.4 is 5.32 Å². The van der Waals surface area contributed by atoms with Crippen molar-refractivity contribution in [2.45, 2.75) is 30.8 Å². The zero-order chi connectivity index (χ0) is 17.3. The Hall–Kier alpha value is -1.77. The number of halogens is 1. The van der Waals surface area contributed by atoms with Gasteiger partial charge in [0.15, 0.2) is 0 Å². The Bertz CT molecular complexity index is 819. The molecule has 8 heteroatoms. The summed E-state index contributed by atoms with van der Waals surface area (Å²) in [6.45, 7) is 5.20. The molecule has 6 nitrogen and oxygen atoms in total. The van der Waals surface area contributed by atoms with E-state index < -0.39 is 16.1 Å². The first-order valence-corrected chi connectivity index (χ1v) is 9.36. The van der Waals surface area contributed by atoms with Gasteiger partial charge in [0.25, 0.3) is 0 Å². The van der Waals surface area contributed by atoms with Gasteiger partial charge in [0.1, 0.15) is 10.7 Å². The molecule has 1 N–H and O–H groups in total. The van der Waals surface area contributed by atoms with Crippen LogP contribution in [0.2, 0.25) is 0 Å². The summed E-state index contributed by atoms with van der Waals surface area (Å²) < 4.78 is 42.7. The molecule has 1 atom stereocenters. The van der Waals surface area contributed by atoms with Gasteiger partial charge in [-0.3, -0.25) is 4.68 Å². The van der Waals surface area contributed by atoms with Crippen molar-refractivity contribution in [3.8, 4) is 0 Å². The second kappa shape index (κ2) is 6.62. The van der Waals surface area contributed by atoms with Crippen molar-refractivity contribution in [1.29, 1.82) is 0 Å². The fourth-order valence-electron chi connectivity index (χ4n) is 2.84. The Labute approximate surface area is 141 Å². The van der Waals surface area contributed by atoms with E-state index in [0.717, 1.165) is 0 Å². The van der Waals surface area contributed by atoms with Gasteiger partial charge in [-0.1, -0.05) is 12.1 Å². The first-order chi connectivity index (χ1) is 11.4. The predicted molar refractivity (Wildman–Crippen MR) is 88.5 cm³/mol. The van der Waals surface area contributed by atoms with Crippen LogP contribution >= 0.6 is 0 Å². The van der Waals surface area contributed by atoms with E-state index in [9.17, 15) is 12.8 Å². The molecule has 3 rings (SSSR count). The maximum Gasteiger partial charge on any atom is 0.246 e. The Balaban J connectivity index is 1.97. The van der Waals surface area contributed by atoms with E-state index in [1.165, 1.54) is 22.6 Å². The second-order valence-electron chi connectivity index (χ2n) is 6.14. The topological polar surface area (TPSA) is 67.2 Å². The highest BCUT2D eigenvalue weighted by molar-refractivity contribution is 7.89. The number of piperazine rings is 1. The number of rotatable bonds is 4. The summed E-state index contributed by atoms with van der Waals surface area (Å²) >= 11 is 0. The molecule has 1 aromatic carbocycles. The predicted octanol–water partition coefficient (Wildman–Crippen LogP) is 1.94. The number of sulfonamides is 1. The van der Waals surface area contributed by atoms with Crippen LogP contribution in [-0.4, -0.2) is 42.1 Å². The molecule has 0 radical (unpaired) electrons. The largest absolute Gasteiger partial charge is 0.313 e. The first kappa shape index (κ1) is 17.1. The summed E-state index contributed by atoms with van der Waals surface area (Å²) in [5.41, 5.74) is 0.641. The quantitative estimate of drug-likeness (QED) is 0.913. The summed E-state index contributed by atoms with van der Waals surface area (Å²) in [6, 6.07) is 5.72. The Morgan fingerprint density at radius 3 is 2.83 bits per heavy atom. The molecule has 24 heavy (non-hydrogen) atoms. The Kier molecular flexibility index (Phi) is 4.71. The summed E-state index contributed by atoms with van der Waals surface area (Å²) in [4.78, 5) is 0.166. The van der Waals surface area contributed by atoms with Crippen LogP contribution in [0.5, 0.6) is 0 Å². The molecule has 0 aliphatic carbocycles. The van der Waals surface area contributed by atoms with Gasteiger partial charge in [-0.25, -0.2) is 12.8 Å². The third-order valence-electron chi connectivity index (χ3n) is 4.14. The molecule has 0 spiro atoms. The number of aromatic nitrogens is 2. The minimum atomic E-state index is -3.70. The number of nitrogens with zero attached hydrogens (tertiary/aromatic N) is 3. The van der Waals surface area contributed by atoms with Crippen LogP contribution in [0.3, 0.4) is 0 Å². The van der Waals surface area contributed by atoms with Crippen molar-refractivity contribution in [1.82, 2.24) is 19.4 Å². The molecule has 0 bridgehead atoms. The average Bonchev–Trinajstić information content (AvgIpc) is 3.06. The van der Waals surface area contributed by atoms with E-state index in [0.29, 0.717) is 25.2 Å². The van der Waals surface area contributed by atoms with Gasteiger partial charge in [-0.05, 0) is 31.5 Å². The lowest BCUT2D eigenvalue weighted by molar-refractivity contribution is 0.271. The monoisotopic (exact) mass is 352 g/mol. The van der Waals surface area contributed by atoms with Crippen molar-refractivity contribution < 1.29 is 12.8 Å². The van der Waals surface area contributed by atoms with Gasteiger partial charge >= 0.3 is 0 Å². The van der Waals surface area contributed by atoms with Crippen molar-refractivity contribution in [2.24, 2.45) is 0 Å². The highest BCUT2D eigenvalue weighted by atomic mass is 32.2. The zero-order valence-corrected chi connectivity index (χ0v) is 14.5. The molecule has 130 valence electrons. The lowest BCUT2D eigenvalue weighted by Crippen LogP contribution is -2.48. The normalized spacial score (nSPS) is 19.8. The highest BCUT2D eigenvalue weighted by Crippen LogP contribution is 2.29. The second-order valence-corrected chi connectivity index (χ2v) is 8.03. The Morgan fingerprint density at radius 2 is 2.17 bits per heavy atom. The molecule has 0 saturated carbocycles. The minimum absolute atomic E-state index is 0.0796. The molecule has 1 fully saturated rings. The van der Waals surface area contributed by atoms with Crippen LogP contribution in [-0.2, 0) is 10.0 Å². The van der Waals surface area contributed by atoms with Crippen molar-refractivity contribution in [3.05, 3.63) is 48.0 Å². The molecule has 2 aromatic rings. The van der Waals surface area contributed by atoms with E-state index in [1.807, 2.05) is 13.8 Å². The number of hydrogen-bond donors (Lipinski definition) is 1. The van der Waals surface area contributed by atoms with Gasteiger partial charge in [0.2, 0.25) is 10.0 Å². The van der Waals surface area contributed by atoms with Crippen LogP contribution in [0.15, 0.2) is 41.6 Å². The number of hydrogen-bond acceptors (Lipinski definition) is 4. The van der Waals surface area contributed by atoms with Crippen LogP contribution in [0, 0.1) is 5.82 Å². The fourth-order valence-corrected chi connectivity index (χ4v) is 4.40. The smallest absolute Gasteiger partial charge is 0.246 e. The standard InChI is InChI=1S/C16H21FN4O2S/c1-12(2)20-11-15(9-19-20)24(22,23)21-7-6-18-10-16(21)13-4-3-5-14(17)8-13/h3-5,8-9,11-12,16,18H,6-7,10H2,1-2H3. The third-order valence-corrected chi connectivity index (χ3v) is 6.00. The third kappa shape index (κ3) is 3.22. The van der Waals surface area contributed by atoms with Gasteiger partial charge in [-0.2, -0.15) is 9.40 Å². The first-order valence-electron chi connectivity index (χ1n) is 7.92. The van der Waals surface area contributed by atoms with Gasteiger partial charge in [-0.15, -0.1) is 0 Å². The molecule has 0 amide bonds. The lowest BCUT2D eigenvalue weighted by atomic mass is 10.1. The molecule has 1 saturated heterocycles. The number of nitrogens with one attached hydrogen (secondary N) is 1. The maximum atomic E-state index is 13.6. The van der Waals surface area contributed by atoms with Crippen molar-refractivity contribution in [2.75, 3.05) is 19.6 Å². The van der Waals surface area contributed by atoms with Gasteiger partial charge < -0.3 is 5.32 Å². The van der Waals surface area contributed by atoms with Crippen LogP contribution in [0.25, 0.3) is 0 Å². The Morgan fingerprint density at radius 1 is 1.38 bits per heavy atom. The molecular formula is C16H21FN4O2S. The van der Waals surface area contributed by atoms with E-state index in [4.69, 9.17) is 0 Å². The summed E-state index contributed by atoms with van der Waals surface area (Å²) in [6.07, 6.45) is 2.92. The summed E-state index contributed by atoms with van der Waals surface area (Å²) in [5, 5.41) is 7.30. The average molecular weight is 352 g/mol. The molecule has 1 aliphatic rings. The fraction of sp³-hybridized carbons (Fsp3) is 0.438. The maximum absolute atomic E-state index is 13.6. The zero-order valence-electron chi connectivity index (χ0n) is 13.7. The highest BCUT2D eigenvalue weighted by Gasteiger charge is 2.35. The van der Waals surface area contributed by atoms with Crippen LogP contribution in [0.1, 0.15) is 31.5 Å². The van der Waals surface area contributed by atoms with E-state index in [1.54, 1.807) is 23.0 Å². The van der Waals surface area contributed by atoms with E-state index >= 15 is 0 Å². The van der Waals surface area contributed by atoms with Crippen molar-refractivity contribution >= 4 is 10.0 Å². The molecule has 2 heterocycles. The van der Waals surface area contributed by atoms with Crippen LogP contribution in [0.4, 0.5) is 4.39 Å². The summed E-state index contributed by atoms with van der Waals surface area (Å²) in [7, 11) is -3.70. The van der Waals surface area contributed by atoms with E-state index in [2.05, 4.69) is 10.4 Å². The van der Waals surface area contributed by atoms with Crippen molar-refractivity contribution in [3.63, 3.8) is 0 Å². The SMILES string of the molecule is CC(C)n1cc(S(=O)(=O)N2CCNCC2c2cccc(F)c2)cn1. The number of benzene rings is 1. The summed E-state index contributed by atoms with van der Waals surface area (Å²) in [5.74, 6) is -0.372. The molecular weight excluding hydrogens is 331 g/mol. The molecule has 1 unspecified atom stereocenters. The minimum Gasteiger partial charge on any atom is -0.313 e. The van der Waals surface area contributed by atoms with Gasteiger partial charge in [0, 0.05) is 31.9 Å². The molecule has 1 aromatic heterocycles. The lowest BCUT2D eigenvalue weighted by Gasteiger charge is -2.35. The van der Waals surface area contributed by atoms with Gasteiger partial charge in [0.05, 0.1) is 12.2 Å². The van der Waals surface area contributed by atoms with E-state index in [-0.39, 0.29) is 16.8 Å². The molecule has 1 aliphatic heterocycles.